The Morgan fingerprint density at radius 1 is 1.24 bits per heavy atom. The lowest BCUT2D eigenvalue weighted by Gasteiger charge is -2.26. The summed E-state index contributed by atoms with van der Waals surface area (Å²) >= 11 is 2.18. The van der Waals surface area contributed by atoms with Crippen LogP contribution in [0.4, 0.5) is 0 Å². The molecule has 2 rings (SSSR count). The molecular weight excluding hydrogens is 230 g/mol. The number of hydrogen-bond donors (Lipinski definition) is 1. The van der Waals surface area contributed by atoms with E-state index in [1.54, 1.807) is 0 Å². The van der Waals surface area contributed by atoms with E-state index >= 15 is 0 Å². The highest BCUT2D eigenvalue weighted by Crippen LogP contribution is 2.31. The van der Waals surface area contributed by atoms with Crippen LogP contribution < -0.4 is 5.32 Å². The second-order valence-corrected chi connectivity index (χ2v) is 7.01. The molecular formula is C14H27NOS. The van der Waals surface area contributed by atoms with Crippen molar-refractivity contribution in [2.45, 2.75) is 56.8 Å². The van der Waals surface area contributed by atoms with Crippen molar-refractivity contribution in [3.63, 3.8) is 0 Å². The topological polar surface area (TPSA) is 21.3 Å². The first-order chi connectivity index (χ1) is 8.34. The van der Waals surface area contributed by atoms with Gasteiger partial charge in [-0.3, -0.25) is 0 Å². The summed E-state index contributed by atoms with van der Waals surface area (Å²) in [6.07, 6.45) is 8.78. The summed E-state index contributed by atoms with van der Waals surface area (Å²) in [4.78, 5) is 0. The summed E-state index contributed by atoms with van der Waals surface area (Å²) in [5, 5.41) is 4.47. The average molecular weight is 257 g/mol. The van der Waals surface area contributed by atoms with Gasteiger partial charge in [0.1, 0.15) is 0 Å². The minimum atomic E-state index is 0.495. The molecule has 1 heterocycles. The van der Waals surface area contributed by atoms with E-state index in [9.17, 15) is 0 Å². The quantitative estimate of drug-likeness (QED) is 0.739. The molecule has 3 unspecified atom stereocenters. The zero-order valence-corrected chi connectivity index (χ0v) is 11.9. The van der Waals surface area contributed by atoms with Gasteiger partial charge in [0.2, 0.25) is 0 Å². The van der Waals surface area contributed by atoms with E-state index in [-0.39, 0.29) is 0 Å². The molecule has 0 aromatic rings. The first-order valence-electron chi connectivity index (χ1n) is 7.28. The molecule has 0 spiro atoms. The van der Waals surface area contributed by atoms with Crippen molar-refractivity contribution in [2.75, 3.05) is 25.4 Å². The fraction of sp³-hybridized carbons (Fsp3) is 1.00. The monoisotopic (exact) mass is 257 g/mol. The summed E-state index contributed by atoms with van der Waals surface area (Å²) in [7, 11) is 0. The van der Waals surface area contributed by atoms with Gasteiger partial charge in [-0.2, -0.15) is 11.8 Å². The predicted molar refractivity (Wildman–Crippen MR) is 75.7 cm³/mol. The second kappa shape index (κ2) is 7.65. The van der Waals surface area contributed by atoms with Crippen LogP contribution in [0.25, 0.3) is 0 Å². The molecule has 17 heavy (non-hydrogen) atoms. The molecule has 3 atom stereocenters. The Kier molecular flexibility index (Phi) is 6.16. The highest BCUT2D eigenvalue weighted by atomic mass is 32.2. The van der Waals surface area contributed by atoms with Crippen molar-refractivity contribution < 1.29 is 4.74 Å². The Labute approximate surface area is 110 Å². The lowest BCUT2D eigenvalue weighted by Crippen LogP contribution is -2.28. The Morgan fingerprint density at radius 3 is 2.94 bits per heavy atom. The third kappa shape index (κ3) is 5.19. The van der Waals surface area contributed by atoms with Crippen molar-refractivity contribution in [2.24, 2.45) is 5.92 Å². The van der Waals surface area contributed by atoms with Crippen molar-refractivity contribution in [3.8, 4) is 0 Å². The SMILES string of the molecule is CC1CCCC(SCCNCC2CCCO2)C1. The largest absolute Gasteiger partial charge is 0.377 e. The van der Waals surface area contributed by atoms with E-state index in [4.69, 9.17) is 4.74 Å². The van der Waals surface area contributed by atoms with Gasteiger partial charge in [0.15, 0.2) is 0 Å². The molecule has 0 bridgehead atoms. The van der Waals surface area contributed by atoms with Gasteiger partial charge >= 0.3 is 0 Å². The number of hydrogen-bond acceptors (Lipinski definition) is 3. The molecule has 100 valence electrons. The van der Waals surface area contributed by atoms with E-state index in [0.29, 0.717) is 6.10 Å². The van der Waals surface area contributed by atoms with E-state index in [2.05, 4.69) is 24.0 Å². The second-order valence-electron chi connectivity index (χ2n) is 5.60. The molecule has 0 radical (unpaired) electrons. The Morgan fingerprint density at radius 2 is 2.18 bits per heavy atom. The average Bonchev–Trinajstić information content (AvgIpc) is 2.82. The minimum absolute atomic E-state index is 0.495. The van der Waals surface area contributed by atoms with Crippen molar-refractivity contribution in [3.05, 3.63) is 0 Å². The van der Waals surface area contributed by atoms with Gasteiger partial charge in [-0.1, -0.05) is 19.8 Å². The summed E-state index contributed by atoms with van der Waals surface area (Å²) < 4.78 is 5.59. The number of thioether (sulfide) groups is 1. The zero-order valence-electron chi connectivity index (χ0n) is 11.1. The summed E-state index contributed by atoms with van der Waals surface area (Å²) in [6.45, 7) is 5.58. The Bertz CT molecular complexity index is 206. The predicted octanol–water partition coefficient (Wildman–Crippen LogP) is 3.07. The van der Waals surface area contributed by atoms with Crippen LogP contribution in [-0.2, 0) is 4.74 Å². The molecule has 0 amide bonds. The van der Waals surface area contributed by atoms with Crippen molar-refractivity contribution in [1.29, 1.82) is 0 Å². The third-order valence-corrected chi connectivity index (χ3v) is 5.26. The fourth-order valence-corrected chi connectivity index (χ4v) is 4.29. The standard InChI is InChI=1S/C14H27NOS/c1-12-4-2-6-14(10-12)17-9-7-15-11-13-5-3-8-16-13/h12-15H,2-11H2,1H3. The molecule has 0 aromatic carbocycles. The highest BCUT2D eigenvalue weighted by molar-refractivity contribution is 7.99. The maximum atomic E-state index is 5.59. The van der Waals surface area contributed by atoms with E-state index < -0.39 is 0 Å². The van der Waals surface area contributed by atoms with Crippen LogP contribution in [0, 0.1) is 5.92 Å². The minimum Gasteiger partial charge on any atom is -0.377 e. The van der Waals surface area contributed by atoms with Gasteiger partial charge in [-0.25, -0.2) is 0 Å². The highest BCUT2D eigenvalue weighted by Gasteiger charge is 2.19. The van der Waals surface area contributed by atoms with Crippen LogP contribution in [-0.4, -0.2) is 36.8 Å². The zero-order chi connectivity index (χ0) is 11.9. The first kappa shape index (κ1) is 13.7. The fourth-order valence-electron chi connectivity index (χ4n) is 2.90. The van der Waals surface area contributed by atoms with Gasteiger partial charge in [0.25, 0.3) is 0 Å². The van der Waals surface area contributed by atoms with Crippen LogP contribution >= 0.6 is 11.8 Å². The van der Waals surface area contributed by atoms with E-state index in [1.807, 2.05) is 0 Å². The maximum absolute atomic E-state index is 5.59. The van der Waals surface area contributed by atoms with E-state index in [0.717, 1.165) is 30.9 Å². The molecule has 2 fully saturated rings. The van der Waals surface area contributed by atoms with Gasteiger partial charge < -0.3 is 10.1 Å². The smallest absolute Gasteiger partial charge is 0.0700 e. The molecule has 0 aromatic heterocycles. The maximum Gasteiger partial charge on any atom is 0.0700 e. The summed E-state index contributed by atoms with van der Waals surface area (Å²) in [5.74, 6) is 2.23. The molecule has 1 aliphatic carbocycles. The van der Waals surface area contributed by atoms with Gasteiger partial charge in [-0.05, 0) is 31.6 Å². The van der Waals surface area contributed by atoms with Crippen LogP contribution in [0.2, 0.25) is 0 Å². The van der Waals surface area contributed by atoms with Crippen LogP contribution in [0.5, 0.6) is 0 Å². The number of ether oxygens (including phenoxy) is 1. The number of rotatable bonds is 6. The molecule has 1 aliphatic heterocycles. The third-order valence-electron chi connectivity index (χ3n) is 3.92. The summed E-state index contributed by atoms with van der Waals surface area (Å²) in [6, 6.07) is 0. The molecule has 1 saturated heterocycles. The molecule has 1 N–H and O–H groups in total. The van der Waals surface area contributed by atoms with Crippen molar-refractivity contribution >= 4 is 11.8 Å². The normalized spacial score (nSPS) is 34.1. The number of nitrogens with one attached hydrogen (secondary N) is 1. The molecule has 1 saturated carbocycles. The lowest BCUT2D eigenvalue weighted by molar-refractivity contribution is 0.110. The van der Waals surface area contributed by atoms with Crippen LogP contribution in [0.3, 0.4) is 0 Å². The summed E-state index contributed by atoms with van der Waals surface area (Å²) in [5.41, 5.74) is 0. The van der Waals surface area contributed by atoms with E-state index in [1.165, 1.54) is 44.3 Å². The Balaban J connectivity index is 1.45. The van der Waals surface area contributed by atoms with Gasteiger partial charge in [-0.15, -0.1) is 0 Å². The van der Waals surface area contributed by atoms with Crippen molar-refractivity contribution in [1.82, 2.24) is 5.32 Å². The lowest BCUT2D eigenvalue weighted by atomic mass is 9.91. The van der Waals surface area contributed by atoms with Crippen LogP contribution in [0.15, 0.2) is 0 Å². The first-order valence-corrected chi connectivity index (χ1v) is 8.33. The van der Waals surface area contributed by atoms with Gasteiger partial charge in [0, 0.05) is 30.7 Å². The molecule has 2 aliphatic rings. The molecule has 2 nitrogen and oxygen atoms in total. The van der Waals surface area contributed by atoms with Gasteiger partial charge in [0.05, 0.1) is 6.10 Å². The van der Waals surface area contributed by atoms with Crippen LogP contribution in [0.1, 0.15) is 45.4 Å². The molecule has 3 heteroatoms. The Hall–Kier alpha value is 0.270.